The predicted octanol–water partition coefficient (Wildman–Crippen LogP) is 5.31. The normalized spacial score (nSPS) is 14.0. The second kappa shape index (κ2) is 9.43. The number of nitrogens with zero attached hydrogens (tertiary/aromatic N) is 3. The second-order valence-corrected chi connectivity index (χ2v) is 9.01. The number of carbonyl (C=O) groups excluding carboxylic acids is 1. The van der Waals surface area contributed by atoms with Crippen LogP contribution < -0.4 is 4.90 Å². The molecule has 5 heteroatoms. The number of anilines is 1. The number of benzene rings is 2. The fourth-order valence-corrected chi connectivity index (χ4v) is 4.73. The molecule has 30 heavy (non-hydrogen) atoms. The van der Waals surface area contributed by atoms with Crippen molar-refractivity contribution in [2.75, 3.05) is 25.0 Å². The molecule has 0 saturated carbocycles. The molecule has 0 spiro atoms. The number of aryl methyl sites for hydroxylation is 1. The highest BCUT2D eigenvalue weighted by molar-refractivity contribution is 7.13. The van der Waals surface area contributed by atoms with E-state index in [-0.39, 0.29) is 5.91 Å². The molecule has 0 atom stereocenters. The molecular weight excluding hydrogens is 390 g/mol. The number of amides is 1. The van der Waals surface area contributed by atoms with Crippen molar-refractivity contribution in [2.24, 2.45) is 0 Å². The van der Waals surface area contributed by atoms with Gasteiger partial charge in [0.25, 0.3) is 0 Å². The number of hydrogen-bond acceptors (Lipinski definition) is 4. The highest BCUT2D eigenvalue weighted by Gasteiger charge is 2.14. The van der Waals surface area contributed by atoms with Crippen LogP contribution in [0.25, 0.3) is 10.6 Å². The van der Waals surface area contributed by atoms with Crippen LogP contribution in [0.1, 0.15) is 36.1 Å². The van der Waals surface area contributed by atoms with Gasteiger partial charge in [-0.25, -0.2) is 4.98 Å². The molecule has 0 radical (unpaired) electrons. The van der Waals surface area contributed by atoms with Gasteiger partial charge in [0.05, 0.1) is 12.1 Å². The summed E-state index contributed by atoms with van der Waals surface area (Å²) in [4.78, 5) is 21.6. The van der Waals surface area contributed by atoms with Crippen LogP contribution in [0.3, 0.4) is 0 Å². The summed E-state index contributed by atoms with van der Waals surface area (Å²) in [6, 6.07) is 17.0. The first kappa shape index (κ1) is 20.6. The summed E-state index contributed by atoms with van der Waals surface area (Å²) in [5, 5.41) is 2.97. The topological polar surface area (TPSA) is 36.4 Å². The molecule has 156 valence electrons. The van der Waals surface area contributed by atoms with E-state index in [1.807, 2.05) is 18.5 Å². The van der Waals surface area contributed by atoms with E-state index in [1.165, 1.54) is 30.5 Å². The second-order valence-electron chi connectivity index (χ2n) is 8.15. The molecule has 4 rings (SSSR count). The first-order valence-electron chi connectivity index (χ1n) is 10.7. The predicted molar refractivity (Wildman–Crippen MR) is 125 cm³/mol. The Hall–Kier alpha value is -2.66. The van der Waals surface area contributed by atoms with Gasteiger partial charge in [-0.3, -0.25) is 4.79 Å². The van der Waals surface area contributed by atoms with Gasteiger partial charge in [0.15, 0.2) is 0 Å². The number of carbonyl (C=O) groups is 1. The molecule has 2 aromatic carbocycles. The lowest BCUT2D eigenvalue weighted by Gasteiger charge is -2.29. The van der Waals surface area contributed by atoms with Crippen LogP contribution in [0.15, 0.2) is 53.9 Å². The van der Waals surface area contributed by atoms with E-state index < -0.39 is 0 Å². The number of hydrogen-bond donors (Lipinski definition) is 0. The van der Waals surface area contributed by atoms with Crippen LogP contribution in [0.4, 0.5) is 5.69 Å². The standard InChI is InChI=1S/C25H29N3OS/c1-19-7-6-8-21(15-19)25-26-22(18-30-25)16-24(29)27(2)17-20-9-11-23(12-10-20)28-13-4-3-5-14-28/h6-12,15,18H,3-5,13-14,16-17H2,1-2H3. The Bertz CT molecular complexity index is 990. The van der Waals surface area contributed by atoms with Gasteiger partial charge in [0.1, 0.15) is 5.01 Å². The smallest absolute Gasteiger partial charge is 0.228 e. The van der Waals surface area contributed by atoms with Gasteiger partial charge in [-0.15, -0.1) is 11.3 Å². The minimum absolute atomic E-state index is 0.0937. The molecule has 0 bridgehead atoms. The van der Waals surface area contributed by atoms with E-state index in [0.29, 0.717) is 13.0 Å². The summed E-state index contributed by atoms with van der Waals surface area (Å²) < 4.78 is 0. The zero-order chi connectivity index (χ0) is 20.9. The van der Waals surface area contributed by atoms with Crippen molar-refractivity contribution in [2.45, 2.75) is 39.2 Å². The number of aromatic nitrogens is 1. The zero-order valence-corrected chi connectivity index (χ0v) is 18.6. The maximum atomic E-state index is 12.7. The summed E-state index contributed by atoms with van der Waals surface area (Å²) in [5.74, 6) is 0.0937. The third kappa shape index (κ3) is 5.08. The van der Waals surface area contributed by atoms with Crippen LogP contribution in [0.5, 0.6) is 0 Å². The highest BCUT2D eigenvalue weighted by Crippen LogP contribution is 2.25. The van der Waals surface area contributed by atoms with Crippen molar-refractivity contribution >= 4 is 22.9 Å². The first-order chi connectivity index (χ1) is 14.6. The van der Waals surface area contributed by atoms with Crippen molar-refractivity contribution in [1.29, 1.82) is 0 Å². The van der Waals surface area contributed by atoms with Crippen molar-refractivity contribution in [3.05, 3.63) is 70.7 Å². The van der Waals surface area contributed by atoms with Crippen LogP contribution in [0, 0.1) is 6.92 Å². The molecule has 1 aromatic heterocycles. The molecule has 1 saturated heterocycles. The van der Waals surface area contributed by atoms with E-state index in [4.69, 9.17) is 0 Å². The number of rotatable bonds is 6. The molecule has 1 amide bonds. The van der Waals surface area contributed by atoms with Crippen LogP contribution >= 0.6 is 11.3 Å². The number of likely N-dealkylation sites (N-methyl/N-ethyl adjacent to an activating group) is 1. The molecule has 1 aliphatic rings. The molecule has 0 N–H and O–H groups in total. The average Bonchev–Trinajstić information content (AvgIpc) is 3.23. The molecule has 1 aliphatic heterocycles. The van der Waals surface area contributed by atoms with Gasteiger partial charge in [0.2, 0.25) is 5.91 Å². The van der Waals surface area contributed by atoms with Gasteiger partial charge in [-0.1, -0.05) is 35.9 Å². The lowest BCUT2D eigenvalue weighted by Crippen LogP contribution is -2.29. The maximum Gasteiger partial charge on any atom is 0.228 e. The van der Waals surface area contributed by atoms with Crippen LogP contribution in [-0.4, -0.2) is 35.9 Å². The monoisotopic (exact) mass is 419 g/mol. The number of piperidine rings is 1. The Morgan fingerprint density at radius 2 is 1.87 bits per heavy atom. The van der Waals surface area contributed by atoms with E-state index in [9.17, 15) is 4.79 Å². The third-order valence-electron chi connectivity index (χ3n) is 5.65. The van der Waals surface area contributed by atoms with Crippen LogP contribution in [-0.2, 0) is 17.8 Å². The molecule has 0 aliphatic carbocycles. The highest BCUT2D eigenvalue weighted by atomic mass is 32.1. The summed E-state index contributed by atoms with van der Waals surface area (Å²) in [7, 11) is 1.87. The lowest BCUT2D eigenvalue weighted by atomic mass is 10.1. The SMILES string of the molecule is Cc1cccc(-c2nc(CC(=O)N(C)Cc3ccc(N4CCCCC4)cc3)cs2)c1. The van der Waals surface area contributed by atoms with Crippen molar-refractivity contribution in [3.8, 4) is 10.6 Å². The average molecular weight is 420 g/mol. The molecule has 4 nitrogen and oxygen atoms in total. The quantitative estimate of drug-likeness (QED) is 0.543. The summed E-state index contributed by atoms with van der Waals surface area (Å²) in [5.41, 5.74) is 5.62. The molecular formula is C25H29N3OS. The van der Waals surface area contributed by atoms with Crippen molar-refractivity contribution in [1.82, 2.24) is 9.88 Å². The fraction of sp³-hybridized carbons (Fsp3) is 0.360. The van der Waals surface area contributed by atoms with Gasteiger partial charge >= 0.3 is 0 Å². The molecule has 2 heterocycles. The van der Waals surface area contributed by atoms with Crippen LogP contribution in [0.2, 0.25) is 0 Å². The largest absolute Gasteiger partial charge is 0.372 e. The summed E-state index contributed by atoms with van der Waals surface area (Å²) >= 11 is 1.60. The van der Waals surface area contributed by atoms with Crippen molar-refractivity contribution in [3.63, 3.8) is 0 Å². The third-order valence-corrected chi connectivity index (χ3v) is 6.59. The van der Waals surface area contributed by atoms with Gasteiger partial charge in [-0.2, -0.15) is 0 Å². The fourth-order valence-electron chi connectivity index (χ4n) is 3.92. The minimum atomic E-state index is 0.0937. The van der Waals surface area contributed by atoms with E-state index in [2.05, 4.69) is 59.3 Å². The van der Waals surface area contributed by atoms with Gasteiger partial charge in [0, 0.05) is 43.3 Å². The Morgan fingerprint density at radius 3 is 2.60 bits per heavy atom. The lowest BCUT2D eigenvalue weighted by molar-refractivity contribution is -0.129. The van der Waals surface area contributed by atoms with E-state index >= 15 is 0 Å². The first-order valence-corrected chi connectivity index (χ1v) is 11.6. The minimum Gasteiger partial charge on any atom is -0.372 e. The Balaban J connectivity index is 1.34. The van der Waals surface area contributed by atoms with E-state index in [1.54, 1.807) is 16.2 Å². The molecule has 3 aromatic rings. The molecule has 0 unspecified atom stereocenters. The zero-order valence-electron chi connectivity index (χ0n) is 17.8. The summed E-state index contributed by atoms with van der Waals surface area (Å²) in [6.45, 7) is 5.00. The number of thiazole rings is 1. The van der Waals surface area contributed by atoms with E-state index in [0.717, 1.165) is 34.9 Å². The molecule has 1 fully saturated rings. The Kier molecular flexibility index (Phi) is 6.48. The maximum absolute atomic E-state index is 12.7. The van der Waals surface area contributed by atoms with Crippen molar-refractivity contribution < 1.29 is 4.79 Å². The Morgan fingerprint density at radius 1 is 1.10 bits per heavy atom. The van der Waals surface area contributed by atoms with Gasteiger partial charge < -0.3 is 9.80 Å². The summed E-state index contributed by atoms with van der Waals surface area (Å²) in [6.07, 6.45) is 4.24. The Labute approximate surface area is 183 Å². The van der Waals surface area contributed by atoms with Gasteiger partial charge in [-0.05, 0) is 49.9 Å².